The normalized spacial score (nSPS) is 10.3. The van der Waals surface area contributed by atoms with Crippen molar-refractivity contribution in [3.63, 3.8) is 0 Å². The monoisotopic (exact) mass is 294 g/mol. The first-order valence-corrected chi connectivity index (χ1v) is 5.88. The summed E-state index contributed by atoms with van der Waals surface area (Å²) >= 11 is 0. The standard InChI is InChI=1S/C13H12F2N4O2/c14-13(15)21-11-4-2-1-3-9(11)18-12(20)10-6-5-8(19-16)7-17-10/h1-7,13,19H,16H2,(H,18,20). The highest BCUT2D eigenvalue weighted by Gasteiger charge is 2.13. The number of hydrazine groups is 1. The highest BCUT2D eigenvalue weighted by atomic mass is 19.3. The third kappa shape index (κ3) is 3.86. The Hall–Kier alpha value is -2.74. The molecule has 0 unspecified atom stereocenters. The van der Waals surface area contributed by atoms with Gasteiger partial charge in [0.05, 0.1) is 17.6 Å². The van der Waals surface area contributed by atoms with E-state index in [0.717, 1.165) is 0 Å². The molecule has 6 nitrogen and oxygen atoms in total. The molecule has 0 atom stereocenters. The Morgan fingerprint density at radius 1 is 1.24 bits per heavy atom. The summed E-state index contributed by atoms with van der Waals surface area (Å²) in [7, 11) is 0. The molecule has 2 rings (SSSR count). The van der Waals surface area contributed by atoms with Crippen molar-refractivity contribution in [3.05, 3.63) is 48.3 Å². The van der Waals surface area contributed by atoms with Gasteiger partial charge in [-0.2, -0.15) is 8.78 Å². The summed E-state index contributed by atoms with van der Waals surface area (Å²) < 4.78 is 28.9. The quantitative estimate of drug-likeness (QED) is 0.581. The minimum absolute atomic E-state index is 0.112. The molecule has 1 aromatic heterocycles. The molecular weight excluding hydrogens is 282 g/mol. The number of benzene rings is 1. The van der Waals surface area contributed by atoms with Crippen molar-refractivity contribution in [1.82, 2.24) is 4.98 Å². The van der Waals surface area contributed by atoms with Gasteiger partial charge < -0.3 is 15.5 Å². The fraction of sp³-hybridized carbons (Fsp3) is 0.0769. The summed E-state index contributed by atoms with van der Waals surface area (Å²) in [5.41, 5.74) is 3.15. The van der Waals surface area contributed by atoms with Crippen LogP contribution in [0.3, 0.4) is 0 Å². The molecule has 4 N–H and O–H groups in total. The number of carbonyl (C=O) groups is 1. The smallest absolute Gasteiger partial charge is 0.387 e. The van der Waals surface area contributed by atoms with Crippen molar-refractivity contribution in [3.8, 4) is 5.75 Å². The van der Waals surface area contributed by atoms with Crippen molar-refractivity contribution < 1.29 is 18.3 Å². The highest BCUT2D eigenvalue weighted by molar-refractivity contribution is 6.03. The van der Waals surface area contributed by atoms with E-state index in [1.54, 1.807) is 12.1 Å². The van der Waals surface area contributed by atoms with Gasteiger partial charge in [-0.3, -0.25) is 10.6 Å². The van der Waals surface area contributed by atoms with Crippen molar-refractivity contribution in [2.75, 3.05) is 10.7 Å². The molecule has 0 fully saturated rings. The molecule has 0 spiro atoms. The largest absolute Gasteiger partial charge is 0.433 e. The second-order valence-electron chi connectivity index (χ2n) is 3.91. The molecule has 1 amide bonds. The van der Waals surface area contributed by atoms with Gasteiger partial charge in [0.25, 0.3) is 5.91 Å². The minimum Gasteiger partial charge on any atom is -0.433 e. The number of alkyl halides is 2. The Morgan fingerprint density at radius 2 is 2.00 bits per heavy atom. The first kappa shape index (κ1) is 14.7. The van der Waals surface area contributed by atoms with Crippen LogP contribution in [0.15, 0.2) is 42.6 Å². The number of nitrogens with zero attached hydrogens (tertiary/aromatic N) is 1. The lowest BCUT2D eigenvalue weighted by Crippen LogP contribution is -2.15. The second-order valence-corrected chi connectivity index (χ2v) is 3.91. The van der Waals surface area contributed by atoms with Crippen LogP contribution < -0.4 is 21.3 Å². The molecule has 110 valence electrons. The average molecular weight is 294 g/mol. The second kappa shape index (κ2) is 6.62. The Kier molecular flexibility index (Phi) is 4.62. The number of ether oxygens (including phenoxy) is 1. The first-order valence-electron chi connectivity index (χ1n) is 5.88. The summed E-state index contributed by atoms with van der Waals surface area (Å²) in [4.78, 5) is 15.9. The fourth-order valence-electron chi connectivity index (χ4n) is 1.57. The zero-order valence-corrected chi connectivity index (χ0v) is 10.7. The zero-order chi connectivity index (χ0) is 15.2. The van der Waals surface area contributed by atoms with Crippen molar-refractivity contribution in [1.29, 1.82) is 0 Å². The van der Waals surface area contributed by atoms with E-state index in [0.29, 0.717) is 5.69 Å². The molecule has 21 heavy (non-hydrogen) atoms. The predicted octanol–water partition coefficient (Wildman–Crippen LogP) is 2.22. The number of hydrogen-bond acceptors (Lipinski definition) is 5. The molecule has 2 aromatic rings. The summed E-state index contributed by atoms with van der Waals surface area (Å²) in [6, 6.07) is 8.89. The fourth-order valence-corrected chi connectivity index (χ4v) is 1.57. The molecule has 0 aliphatic rings. The van der Waals surface area contributed by atoms with Crippen LogP contribution in [0.1, 0.15) is 10.5 Å². The van der Waals surface area contributed by atoms with Crippen LogP contribution in [-0.2, 0) is 0 Å². The highest BCUT2D eigenvalue weighted by Crippen LogP contribution is 2.25. The van der Waals surface area contributed by atoms with Gasteiger partial charge in [-0.1, -0.05) is 12.1 Å². The van der Waals surface area contributed by atoms with Crippen molar-refractivity contribution in [2.45, 2.75) is 6.61 Å². The maximum Gasteiger partial charge on any atom is 0.387 e. The third-order valence-corrected chi connectivity index (χ3v) is 2.51. The number of anilines is 2. The van der Waals surface area contributed by atoms with Crippen molar-refractivity contribution in [2.24, 2.45) is 5.84 Å². The molecule has 0 saturated carbocycles. The Labute approximate surface area is 118 Å². The minimum atomic E-state index is -2.98. The maximum atomic E-state index is 12.3. The number of nitrogens with two attached hydrogens (primary N) is 1. The number of halogens is 2. The van der Waals surface area contributed by atoms with E-state index in [-0.39, 0.29) is 17.1 Å². The van der Waals surface area contributed by atoms with Crippen molar-refractivity contribution >= 4 is 17.3 Å². The van der Waals surface area contributed by atoms with Gasteiger partial charge in [0.1, 0.15) is 11.4 Å². The average Bonchev–Trinajstić information content (AvgIpc) is 2.49. The number of amides is 1. The number of hydrogen-bond donors (Lipinski definition) is 3. The van der Waals surface area contributed by atoms with Crippen LogP contribution >= 0.6 is 0 Å². The SMILES string of the molecule is NNc1ccc(C(=O)Nc2ccccc2OC(F)F)nc1. The van der Waals surface area contributed by atoms with Crippen LogP contribution in [0.2, 0.25) is 0 Å². The molecule has 0 radical (unpaired) electrons. The Balaban J connectivity index is 2.15. The van der Waals surface area contributed by atoms with E-state index in [4.69, 9.17) is 5.84 Å². The Morgan fingerprint density at radius 3 is 2.62 bits per heavy atom. The first-order chi connectivity index (χ1) is 10.1. The van der Waals surface area contributed by atoms with E-state index >= 15 is 0 Å². The van der Waals surface area contributed by atoms with Gasteiger partial charge in [-0.15, -0.1) is 0 Å². The molecular formula is C13H12F2N4O2. The summed E-state index contributed by atoms with van der Waals surface area (Å²) in [6.07, 6.45) is 1.37. The maximum absolute atomic E-state index is 12.3. The van der Waals surface area contributed by atoms with Crippen LogP contribution in [0.25, 0.3) is 0 Å². The van der Waals surface area contributed by atoms with Crippen LogP contribution in [-0.4, -0.2) is 17.5 Å². The van der Waals surface area contributed by atoms with Gasteiger partial charge in [0.15, 0.2) is 0 Å². The molecule has 8 heteroatoms. The molecule has 0 aliphatic carbocycles. The molecule has 0 bridgehead atoms. The Bertz CT molecular complexity index is 620. The zero-order valence-electron chi connectivity index (χ0n) is 10.7. The van der Waals surface area contributed by atoms with Gasteiger partial charge >= 0.3 is 6.61 Å². The number of para-hydroxylation sites is 2. The number of carbonyl (C=O) groups excluding carboxylic acids is 1. The molecule has 1 heterocycles. The third-order valence-electron chi connectivity index (χ3n) is 2.51. The topological polar surface area (TPSA) is 89.3 Å². The molecule has 0 saturated heterocycles. The number of aromatic nitrogens is 1. The lowest BCUT2D eigenvalue weighted by atomic mass is 10.2. The van der Waals surface area contributed by atoms with Gasteiger partial charge in [0.2, 0.25) is 0 Å². The van der Waals surface area contributed by atoms with Crippen LogP contribution in [0.5, 0.6) is 5.75 Å². The lowest BCUT2D eigenvalue weighted by molar-refractivity contribution is -0.0493. The summed E-state index contributed by atoms with van der Waals surface area (Å²) in [6.45, 7) is -2.98. The molecule has 1 aromatic carbocycles. The van der Waals surface area contributed by atoms with Crippen LogP contribution in [0, 0.1) is 0 Å². The number of nitrogen functional groups attached to an aromatic ring is 1. The number of pyridine rings is 1. The van der Waals surface area contributed by atoms with Crippen LogP contribution in [0.4, 0.5) is 20.2 Å². The van der Waals surface area contributed by atoms with E-state index in [1.807, 2.05) is 0 Å². The molecule has 0 aliphatic heterocycles. The van der Waals surface area contributed by atoms with E-state index < -0.39 is 12.5 Å². The summed E-state index contributed by atoms with van der Waals surface area (Å²) in [5, 5.41) is 2.46. The summed E-state index contributed by atoms with van der Waals surface area (Å²) in [5.74, 6) is 4.51. The van der Waals surface area contributed by atoms with E-state index in [1.165, 1.54) is 30.5 Å². The van der Waals surface area contributed by atoms with Gasteiger partial charge in [-0.25, -0.2) is 4.98 Å². The number of rotatable bonds is 5. The lowest BCUT2D eigenvalue weighted by Gasteiger charge is -2.11. The van der Waals surface area contributed by atoms with Gasteiger partial charge in [-0.05, 0) is 24.3 Å². The van der Waals surface area contributed by atoms with E-state index in [9.17, 15) is 13.6 Å². The van der Waals surface area contributed by atoms with Gasteiger partial charge in [0, 0.05) is 0 Å². The number of nitrogens with one attached hydrogen (secondary N) is 2. The van der Waals surface area contributed by atoms with E-state index in [2.05, 4.69) is 20.5 Å². The predicted molar refractivity (Wildman–Crippen MR) is 73.1 cm³/mol.